The second-order valence-corrected chi connectivity index (χ2v) is 6.56. The van der Waals surface area contributed by atoms with E-state index in [4.69, 9.17) is 14.0 Å². The van der Waals surface area contributed by atoms with Gasteiger partial charge in [-0.1, -0.05) is 11.2 Å². The molecule has 0 radical (unpaired) electrons. The Balaban J connectivity index is 1.66. The van der Waals surface area contributed by atoms with Crippen molar-refractivity contribution < 1.29 is 14.0 Å². The fourth-order valence-electron chi connectivity index (χ4n) is 3.80. The third kappa shape index (κ3) is 3.42. The zero-order valence-corrected chi connectivity index (χ0v) is 13.4. The van der Waals surface area contributed by atoms with Crippen LogP contribution >= 0.6 is 0 Å². The van der Waals surface area contributed by atoms with E-state index >= 15 is 0 Å². The van der Waals surface area contributed by atoms with Crippen molar-refractivity contribution in [2.24, 2.45) is 5.41 Å². The van der Waals surface area contributed by atoms with Crippen molar-refractivity contribution >= 4 is 0 Å². The largest absolute Gasteiger partial charge is 0.377 e. The molecule has 2 aliphatic heterocycles. The molecular formula is C17H26N2O3. The molecular weight excluding hydrogens is 280 g/mol. The molecule has 3 heterocycles. The van der Waals surface area contributed by atoms with Gasteiger partial charge >= 0.3 is 0 Å². The van der Waals surface area contributed by atoms with Gasteiger partial charge in [0.2, 0.25) is 0 Å². The molecule has 5 nitrogen and oxygen atoms in total. The SMILES string of the molecule is C=CCOCC12CCCOC1CCN(Cc1cc(C)on1)C2. The van der Waals surface area contributed by atoms with Crippen LogP contribution in [0.3, 0.4) is 0 Å². The molecule has 22 heavy (non-hydrogen) atoms. The Bertz CT molecular complexity index is 502. The first-order valence-electron chi connectivity index (χ1n) is 8.17. The van der Waals surface area contributed by atoms with Gasteiger partial charge in [0.25, 0.3) is 0 Å². The summed E-state index contributed by atoms with van der Waals surface area (Å²) < 4.78 is 17.1. The number of likely N-dealkylation sites (tertiary alicyclic amines) is 1. The monoisotopic (exact) mass is 306 g/mol. The Morgan fingerprint density at radius 3 is 3.27 bits per heavy atom. The molecule has 122 valence electrons. The summed E-state index contributed by atoms with van der Waals surface area (Å²) in [6.07, 6.45) is 5.48. The van der Waals surface area contributed by atoms with E-state index in [1.54, 1.807) is 0 Å². The van der Waals surface area contributed by atoms with Crippen molar-refractivity contribution in [3.8, 4) is 0 Å². The highest BCUT2D eigenvalue weighted by atomic mass is 16.5. The maximum atomic E-state index is 6.05. The molecule has 2 aliphatic rings. The zero-order chi connectivity index (χ0) is 15.4. The highest BCUT2D eigenvalue weighted by molar-refractivity contribution is 5.05. The molecule has 0 aliphatic carbocycles. The fraction of sp³-hybridized carbons (Fsp3) is 0.706. The highest BCUT2D eigenvalue weighted by Gasteiger charge is 2.46. The van der Waals surface area contributed by atoms with Gasteiger partial charge in [-0.05, 0) is 26.2 Å². The molecule has 1 aromatic heterocycles. The van der Waals surface area contributed by atoms with Crippen LogP contribution in [0.1, 0.15) is 30.7 Å². The molecule has 0 aromatic carbocycles. The Labute approximate surface area is 132 Å². The van der Waals surface area contributed by atoms with Crippen LogP contribution in [0, 0.1) is 12.3 Å². The van der Waals surface area contributed by atoms with Crippen LogP contribution in [0.2, 0.25) is 0 Å². The van der Waals surface area contributed by atoms with Crippen molar-refractivity contribution in [3.63, 3.8) is 0 Å². The molecule has 0 saturated carbocycles. The summed E-state index contributed by atoms with van der Waals surface area (Å²) in [6.45, 7) is 10.8. The number of aryl methyl sites for hydroxylation is 1. The molecule has 0 spiro atoms. The van der Waals surface area contributed by atoms with Gasteiger partial charge in [0.05, 0.1) is 25.0 Å². The van der Waals surface area contributed by atoms with Crippen LogP contribution in [0.25, 0.3) is 0 Å². The van der Waals surface area contributed by atoms with Gasteiger partial charge in [0.15, 0.2) is 0 Å². The van der Waals surface area contributed by atoms with Crippen molar-refractivity contribution in [1.29, 1.82) is 0 Å². The number of piperidine rings is 1. The van der Waals surface area contributed by atoms with E-state index in [-0.39, 0.29) is 5.41 Å². The number of rotatable bonds is 6. The lowest BCUT2D eigenvalue weighted by molar-refractivity contribution is -0.152. The number of hydrogen-bond acceptors (Lipinski definition) is 5. The molecule has 2 unspecified atom stereocenters. The van der Waals surface area contributed by atoms with Gasteiger partial charge in [-0.2, -0.15) is 0 Å². The van der Waals surface area contributed by atoms with E-state index in [0.717, 1.165) is 57.1 Å². The van der Waals surface area contributed by atoms with Crippen LogP contribution < -0.4 is 0 Å². The molecule has 2 atom stereocenters. The van der Waals surface area contributed by atoms with E-state index in [1.807, 2.05) is 19.1 Å². The number of aromatic nitrogens is 1. The van der Waals surface area contributed by atoms with Gasteiger partial charge in [-0.3, -0.25) is 4.90 Å². The van der Waals surface area contributed by atoms with Crippen LogP contribution in [0.5, 0.6) is 0 Å². The highest BCUT2D eigenvalue weighted by Crippen LogP contribution is 2.40. The third-order valence-electron chi connectivity index (χ3n) is 4.75. The van der Waals surface area contributed by atoms with E-state index in [0.29, 0.717) is 12.7 Å². The molecule has 0 amide bonds. The zero-order valence-electron chi connectivity index (χ0n) is 13.4. The van der Waals surface area contributed by atoms with Crippen molar-refractivity contribution in [3.05, 3.63) is 30.2 Å². The van der Waals surface area contributed by atoms with E-state index in [9.17, 15) is 0 Å². The average molecular weight is 306 g/mol. The summed E-state index contributed by atoms with van der Waals surface area (Å²) in [5.41, 5.74) is 1.12. The Morgan fingerprint density at radius 1 is 1.59 bits per heavy atom. The summed E-state index contributed by atoms with van der Waals surface area (Å²) >= 11 is 0. The Morgan fingerprint density at radius 2 is 2.50 bits per heavy atom. The van der Waals surface area contributed by atoms with Gasteiger partial charge in [-0.25, -0.2) is 0 Å². The molecule has 3 rings (SSSR count). The van der Waals surface area contributed by atoms with Crippen LogP contribution in [-0.2, 0) is 16.0 Å². The maximum Gasteiger partial charge on any atom is 0.133 e. The minimum Gasteiger partial charge on any atom is -0.377 e. The molecule has 1 aromatic rings. The van der Waals surface area contributed by atoms with E-state index < -0.39 is 0 Å². The second kappa shape index (κ2) is 6.94. The number of ether oxygens (including phenoxy) is 2. The molecule has 0 N–H and O–H groups in total. The first-order valence-corrected chi connectivity index (χ1v) is 8.17. The quantitative estimate of drug-likeness (QED) is 0.597. The summed E-state index contributed by atoms with van der Waals surface area (Å²) in [4.78, 5) is 2.46. The molecule has 5 heteroatoms. The number of hydrogen-bond donors (Lipinski definition) is 0. The minimum atomic E-state index is 0.109. The molecule has 2 fully saturated rings. The van der Waals surface area contributed by atoms with Crippen LogP contribution in [0.4, 0.5) is 0 Å². The van der Waals surface area contributed by atoms with Gasteiger partial charge in [0.1, 0.15) is 5.76 Å². The number of nitrogens with zero attached hydrogens (tertiary/aromatic N) is 2. The number of fused-ring (bicyclic) bond motifs is 1. The fourth-order valence-corrected chi connectivity index (χ4v) is 3.80. The van der Waals surface area contributed by atoms with Gasteiger partial charge in [-0.15, -0.1) is 6.58 Å². The smallest absolute Gasteiger partial charge is 0.133 e. The first-order chi connectivity index (χ1) is 10.7. The minimum absolute atomic E-state index is 0.109. The Hall–Kier alpha value is -1.17. The van der Waals surface area contributed by atoms with Gasteiger partial charge in [0, 0.05) is 37.7 Å². The van der Waals surface area contributed by atoms with Gasteiger partial charge < -0.3 is 14.0 Å². The second-order valence-electron chi connectivity index (χ2n) is 6.56. The lowest BCUT2D eigenvalue weighted by atomic mass is 9.73. The van der Waals surface area contributed by atoms with Crippen molar-refractivity contribution in [1.82, 2.24) is 10.1 Å². The average Bonchev–Trinajstić information content (AvgIpc) is 2.92. The topological polar surface area (TPSA) is 47.7 Å². The van der Waals surface area contributed by atoms with Crippen LogP contribution in [-0.4, -0.2) is 49.1 Å². The maximum absolute atomic E-state index is 6.05. The standard InChI is InChI=1S/C17H26N2O3/c1-3-8-20-13-17-6-4-9-21-16(17)5-7-19(12-17)11-15-10-14(2)22-18-15/h3,10,16H,1,4-9,11-13H2,2H3. The molecule has 0 bridgehead atoms. The van der Waals surface area contributed by atoms with E-state index in [2.05, 4.69) is 16.6 Å². The molecule has 2 saturated heterocycles. The third-order valence-corrected chi connectivity index (χ3v) is 4.75. The lowest BCUT2D eigenvalue weighted by Crippen LogP contribution is -2.56. The summed E-state index contributed by atoms with van der Waals surface area (Å²) in [6, 6.07) is 2.02. The lowest BCUT2D eigenvalue weighted by Gasteiger charge is -2.50. The van der Waals surface area contributed by atoms with Crippen molar-refractivity contribution in [2.75, 3.05) is 32.9 Å². The predicted octanol–water partition coefficient (Wildman–Crippen LogP) is 2.56. The normalized spacial score (nSPS) is 29.2. The van der Waals surface area contributed by atoms with Crippen LogP contribution in [0.15, 0.2) is 23.2 Å². The predicted molar refractivity (Wildman–Crippen MR) is 83.6 cm³/mol. The summed E-state index contributed by atoms with van der Waals surface area (Å²) in [5, 5.41) is 4.12. The Kier molecular flexibility index (Phi) is 4.96. The van der Waals surface area contributed by atoms with Crippen molar-refractivity contribution in [2.45, 2.75) is 38.8 Å². The first kappa shape index (κ1) is 15.7. The van der Waals surface area contributed by atoms with E-state index in [1.165, 1.54) is 6.42 Å². The summed E-state index contributed by atoms with van der Waals surface area (Å²) in [5.74, 6) is 0.870. The summed E-state index contributed by atoms with van der Waals surface area (Å²) in [7, 11) is 0.